The Morgan fingerprint density at radius 1 is 1.31 bits per heavy atom. The SMILES string of the molecule is CNCc1cccc(CN2CCNCC2)n1. The van der Waals surface area contributed by atoms with Gasteiger partial charge in [-0.2, -0.15) is 0 Å². The fourth-order valence-corrected chi connectivity index (χ4v) is 2.00. The molecule has 0 amide bonds. The van der Waals surface area contributed by atoms with Gasteiger partial charge in [0.05, 0.1) is 11.4 Å². The molecule has 88 valence electrons. The summed E-state index contributed by atoms with van der Waals surface area (Å²) in [6.07, 6.45) is 0. The molecule has 4 nitrogen and oxygen atoms in total. The molecule has 1 aliphatic rings. The Hall–Kier alpha value is -0.970. The summed E-state index contributed by atoms with van der Waals surface area (Å²) in [5.41, 5.74) is 2.30. The van der Waals surface area contributed by atoms with Gasteiger partial charge in [-0.15, -0.1) is 0 Å². The van der Waals surface area contributed by atoms with E-state index < -0.39 is 0 Å². The monoisotopic (exact) mass is 220 g/mol. The fraction of sp³-hybridized carbons (Fsp3) is 0.583. The van der Waals surface area contributed by atoms with Crippen LogP contribution in [0.15, 0.2) is 18.2 Å². The largest absolute Gasteiger partial charge is 0.314 e. The predicted molar refractivity (Wildman–Crippen MR) is 65.1 cm³/mol. The third-order valence-electron chi connectivity index (χ3n) is 2.82. The number of aromatic nitrogens is 1. The number of nitrogens with zero attached hydrogens (tertiary/aromatic N) is 2. The van der Waals surface area contributed by atoms with Gasteiger partial charge in [0.1, 0.15) is 0 Å². The summed E-state index contributed by atoms with van der Waals surface area (Å²) < 4.78 is 0. The van der Waals surface area contributed by atoms with Gasteiger partial charge in [0.15, 0.2) is 0 Å². The van der Waals surface area contributed by atoms with Crippen LogP contribution in [0.3, 0.4) is 0 Å². The molecule has 0 spiro atoms. The first-order chi connectivity index (χ1) is 7.88. The number of rotatable bonds is 4. The van der Waals surface area contributed by atoms with Crippen LogP contribution >= 0.6 is 0 Å². The molecule has 0 radical (unpaired) electrons. The Morgan fingerprint density at radius 3 is 2.81 bits per heavy atom. The van der Waals surface area contributed by atoms with Gasteiger partial charge in [-0.25, -0.2) is 0 Å². The van der Waals surface area contributed by atoms with E-state index in [1.165, 1.54) is 5.69 Å². The highest BCUT2D eigenvalue weighted by atomic mass is 15.2. The second-order valence-electron chi connectivity index (χ2n) is 4.18. The quantitative estimate of drug-likeness (QED) is 0.761. The third kappa shape index (κ3) is 3.27. The van der Waals surface area contributed by atoms with Gasteiger partial charge in [-0.1, -0.05) is 6.07 Å². The van der Waals surface area contributed by atoms with E-state index in [-0.39, 0.29) is 0 Å². The Morgan fingerprint density at radius 2 is 2.06 bits per heavy atom. The predicted octanol–water partition coefficient (Wildman–Crippen LogP) is 0.206. The van der Waals surface area contributed by atoms with Crippen LogP contribution in [0.5, 0.6) is 0 Å². The van der Waals surface area contributed by atoms with Crippen LogP contribution in [-0.4, -0.2) is 43.1 Å². The molecule has 0 aromatic carbocycles. The fourth-order valence-electron chi connectivity index (χ4n) is 2.00. The van der Waals surface area contributed by atoms with Crippen molar-refractivity contribution < 1.29 is 0 Å². The summed E-state index contributed by atoms with van der Waals surface area (Å²) in [5.74, 6) is 0. The van der Waals surface area contributed by atoms with E-state index in [9.17, 15) is 0 Å². The minimum absolute atomic E-state index is 0.843. The lowest BCUT2D eigenvalue weighted by atomic mass is 10.2. The van der Waals surface area contributed by atoms with Crippen molar-refractivity contribution in [3.63, 3.8) is 0 Å². The second kappa shape index (κ2) is 5.94. The number of nitrogens with one attached hydrogen (secondary N) is 2. The van der Waals surface area contributed by atoms with E-state index in [2.05, 4.69) is 38.7 Å². The zero-order valence-corrected chi connectivity index (χ0v) is 9.87. The highest BCUT2D eigenvalue weighted by Crippen LogP contribution is 2.04. The molecule has 2 N–H and O–H groups in total. The summed E-state index contributed by atoms with van der Waals surface area (Å²) in [4.78, 5) is 7.08. The van der Waals surface area contributed by atoms with Gasteiger partial charge in [0, 0.05) is 39.3 Å². The third-order valence-corrected chi connectivity index (χ3v) is 2.82. The Balaban J connectivity index is 1.94. The van der Waals surface area contributed by atoms with Gasteiger partial charge >= 0.3 is 0 Å². The molecule has 4 heteroatoms. The van der Waals surface area contributed by atoms with E-state index >= 15 is 0 Å². The molecular weight excluding hydrogens is 200 g/mol. The van der Waals surface area contributed by atoms with Crippen molar-refractivity contribution in [2.75, 3.05) is 33.2 Å². The van der Waals surface area contributed by atoms with Crippen molar-refractivity contribution in [3.05, 3.63) is 29.6 Å². The van der Waals surface area contributed by atoms with Crippen LogP contribution < -0.4 is 10.6 Å². The normalized spacial score (nSPS) is 17.6. The van der Waals surface area contributed by atoms with Gasteiger partial charge in [-0.05, 0) is 19.2 Å². The van der Waals surface area contributed by atoms with Crippen LogP contribution in [0.25, 0.3) is 0 Å². The minimum atomic E-state index is 0.843. The van der Waals surface area contributed by atoms with E-state index in [1.54, 1.807) is 0 Å². The molecule has 1 aromatic rings. The maximum Gasteiger partial charge on any atom is 0.0547 e. The topological polar surface area (TPSA) is 40.2 Å². The van der Waals surface area contributed by atoms with Gasteiger partial charge in [0.2, 0.25) is 0 Å². The van der Waals surface area contributed by atoms with Crippen LogP contribution in [0, 0.1) is 0 Å². The summed E-state index contributed by atoms with van der Waals surface area (Å²) in [6.45, 7) is 6.25. The average molecular weight is 220 g/mol. The van der Waals surface area contributed by atoms with Crippen molar-refractivity contribution in [2.24, 2.45) is 0 Å². The van der Waals surface area contributed by atoms with Crippen molar-refractivity contribution in [3.8, 4) is 0 Å². The molecule has 0 atom stereocenters. The second-order valence-corrected chi connectivity index (χ2v) is 4.18. The molecule has 1 aliphatic heterocycles. The van der Waals surface area contributed by atoms with E-state index in [0.717, 1.165) is 45.0 Å². The van der Waals surface area contributed by atoms with Crippen molar-refractivity contribution in [1.29, 1.82) is 0 Å². The van der Waals surface area contributed by atoms with Crippen LogP contribution in [0.1, 0.15) is 11.4 Å². The highest BCUT2D eigenvalue weighted by Gasteiger charge is 2.10. The van der Waals surface area contributed by atoms with E-state index in [4.69, 9.17) is 0 Å². The van der Waals surface area contributed by atoms with Crippen LogP contribution in [0.4, 0.5) is 0 Å². The van der Waals surface area contributed by atoms with Crippen LogP contribution in [0.2, 0.25) is 0 Å². The number of hydrogen-bond donors (Lipinski definition) is 2. The summed E-state index contributed by atoms with van der Waals surface area (Å²) in [7, 11) is 1.95. The summed E-state index contributed by atoms with van der Waals surface area (Å²) in [5, 5.41) is 6.49. The lowest BCUT2D eigenvalue weighted by Gasteiger charge is -2.26. The molecule has 2 heterocycles. The van der Waals surface area contributed by atoms with Gasteiger partial charge in [-0.3, -0.25) is 9.88 Å². The first kappa shape index (κ1) is 11.5. The number of pyridine rings is 1. The maximum absolute atomic E-state index is 4.63. The molecular formula is C12H20N4. The van der Waals surface area contributed by atoms with Gasteiger partial charge < -0.3 is 10.6 Å². The Kier molecular flexibility index (Phi) is 4.27. The molecule has 16 heavy (non-hydrogen) atoms. The van der Waals surface area contributed by atoms with Gasteiger partial charge in [0.25, 0.3) is 0 Å². The zero-order valence-electron chi connectivity index (χ0n) is 9.87. The van der Waals surface area contributed by atoms with E-state index in [1.807, 2.05) is 7.05 Å². The first-order valence-corrected chi connectivity index (χ1v) is 5.91. The number of hydrogen-bond acceptors (Lipinski definition) is 4. The van der Waals surface area contributed by atoms with Crippen molar-refractivity contribution >= 4 is 0 Å². The first-order valence-electron chi connectivity index (χ1n) is 5.91. The minimum Gasteiger partial charge on any atom is -0.314 e. The molecule has 0 aliphatic carbocycles. The summed E-state index contributed by atoms with van der Waals surface area (Å²) in [6, 6.07) is 6.27. The zero-order chi connectivity index (χ0) is 11.2. The Labute approximate surface area is 97.1 Å². The molecule has 1 fully saturated rings. The van der Waals surface area contributed by atoms with E-state index in [0.29, 0.717) is 0 Å². The molecule has 2 rings (SSSR count). The molecule has 0 bridgehead atoms. The van der Waals surface area contributed by atoms with Crippen molar-refractivity contribution in [2.45, 2.75) is 13.1 Å². The van der Waals surface area contributed by atoms with Crippen LogP contribution in [-0.2, 0) is 13.1 Å². The highest BCUT2D eigenvalue weighted by molar-refractivity contribution is 5.11. The Bertz CT molecular complexity index is 321. The number of piperazine rings is 1. The molecule has 0 unspecified atom stereocenters. The summed E-state index contributed by atoms with van der Waals surface area (Å²) >= 11 is 0. The molecule has 1 saturated heterocycles. The lowest BCUT2D eigenvalue weighted by Crippen LogP contribution is -2.43. The molecule has 1 aromatic heterocycles. The maximum atomic E-state index is 4.63. The molecule has 0 saturated carbocycles. The van der Waals surface area contributed by atoms with Crippen molar-refractivity contribution in [1.82, 2.24) is 20.5 Å². The smallest absolute Gasteiger partial charge is 0.0547 e. The lowest BCUT2D eigenvalue weighted by molar-refractivity contribution is 0.230. The average Bonchev–Trinajstić information content (AvgIpc) is 2.31. The standard InChI is InChI=1S/C12H20N4/c1-13-9-11-3-2-4-12(15-11)10-16-7-5-14-6-8-16/h2-4,13-14H,5-10H2,1H3.